The molecule has 1 heterocycles. The first-order valence-corrected chi connectivity index (χ1v) is 5.76. The van der Waals surface area contributed by atoms with Crippen molar-refractivity contribution in [2.75, 3.05) is 13.2 Å². The van der Waals surface area contributed by atoms with Crippen LogP contribution in [0, 0.1) is 11.7 Å². The van der Waals surface area contributed by atoms with Crippen molar-refractivity contribution in [1.82, 2.24) is 0 Å². The summed E-state index contributed by atoms with van der Waals surface area (Å²) in [7, 11) is 0. The van der Waals surface area contributed by atoms with E-state index in [0.29, 0.717) is 13.2 Å². The maximum absolute atomic E-state index is 13.5. The summed E-state index contributed by atoms with van der Waals surface area (Å²) in [5.41, 5.74) is 5.97. The Bertz CT molecular complexity index is 418. The van der Waals surface area contributed by atoms with E-state index < -0.39 is 5.82 Å². The molecule has 5 heteroatoms. The number of nitrogens with two attached hydrogens (primary N) is 1. The monoisotopic (exact) mass is 257 g/mol. The average Bonchev–Trinajstić information content (AvgIpc) is 2.70. The van der Waals surface area contributed by atoms with Crippen LogP contribution in [0.5, 0.6) is 0 Å². The van der Waals surface area contributed by atoms with Crippen molar-refractivity contribution in [2.24, 2.45) is 11.7 Å². The molecule has 0 spiro atoms. The Balaban J connectivity index is 2.13. The maximum Gasteiger partial charge on any atom is 0.144 e. The summed E-state index contributed by atoms with van der Waals surface area (Å²) in [6.45, 7) is 0.688. The van der Waals surface area contributed by atoms with Crippen molar-refractivity contribution in [3.8, 4) is 0 Å². The predicted octanol–water partition coefficient (Wildman–Crippen LogP) is 1.56. The minimum Gasteiger partial charge on any atom is -0.379 e. The van der Waals surface area contributed by atoms with Gasteiger partial charge >= 0.3 is 0 Å². The fourth-order valence-corrected chi connectivity index (χ4v) is 2.14. The molecule has 0 aromatic heterocycles. The van der Waals surface area contributed by atoms with Crippen molar-refractivity contribution < 1.29 is 13.9 Å². The lowest BCUT2D eigenvalue weighted by Crippen LogP contribution is -2.35. The van der Waals surface area contributed by atoms with E-state index in [4.69, 9.17) is 22.1 Å². The van der Waals surface area contributed by atoms with Crippen LogP contribution in [0.25, 0.3) is 0 Å². The Morgan fingerprint density at radius 3 is 2.88 bits per heavy atom. The van der Waals surface area contributed by atoms with E-state index in [9.17, 15) is 9.18 Å². The van der Waals surface area contributed by atoms with Crippen molar-refractivity contribution in [1.29, 1.82) is 0 Å². The van der Waals surface area contributed by atoms with Gasteiger partial charge in [0, 0.05) is 23.0 Å². The van der Waals surface area contributed by atoms with Crippen LogP contribution >= 0.6 is 11.6 Å². The van der Waals surface area contributed by atoms with Gasteiger partial charge in [0.2, 0.25) is 0 Å². The van der Waals surface area contributed by atoms with E-state index in [1.807, 2.05) is 0 Å². The van der Waals surface area contributed by atoms with Gasteiger partial charge in [0.25, 0.3) is 0 Å². The molecular weight excluding hydrogens is 245 g/mol. The molecule has 0 saturated carbocycles. The molecule has 3 nitrogen and oxygen atoms in total. The highest BCUT2D eigenvalue weighted by Gasteiger charge is 2.31. The summed E-state index contributed by atoms with van der Waals surface area (Å²) in [4.78, 5) is 11.9. The second-order valence-electron chi connectivity index (χ2n) is 4.15. The largest absolute Gasteiger partial charge is 0.379 e. The van der Waals surface area contributed by atoms with Crippen LogP contribution in [-0.2, 0) is 16.0 Å². The second kappa shape index (κ2) is 5.12. The van der Waals surface area contributed by atoms with Crippen molar-refractivity contribution in [3.05, 3.63) is 34.6 Å². The summed E-state index contributed by atoms with van der Waals surface area (Å²) in [5, 5.41) is 0.269. The van der Waals surface area contributed by atoms with E-state index >= 15 is 0 Å². The van der Waals surface area contributed by atoms with Crippen LogP contribution in [0.4, 0.5) is 4.39 Å². The highest BCUT2D eigenvalue weighted by Crippen LogP contribution is 2.22. The summed E-state index contributed by atoms with van der Waals surface area (Å²) < 4.78 is 18.6. The Morgan fingerprint density at radius 1 is 1.53 bits per heavy atom. The number of Topliss-reactive ketones (excluding diaryl/α,β-unsaturated/α-hetero) is 1. The predicted molar refractivity (Wildman–Crippen MR) is 62.4 cm³/mol. The smallest absolute Gasteiger partial charge is 0.144 e. The number of carbonyl (C=O) groups is 1. The molecule has 0 bridgehead atoms. The van der Waals surface area contributed by atoms with E-state index in [0.717, 1.165) is 0 Å². The summed E-state index contributed by atoms with van der Waals surface area (Å²) in [6, 6.07) is 4.07. The number of benzene rings is 1. The number of ether oxygens (including phenoxy) is 1. The van der Waals surface area contributed by atoms with E-state index in [-0.39, 0.29) is 34.7 Å². The highest BCUT2D eigenvalue weighted by atomic mass is 35.5. The van der Waals surface area contributed by atoms with Gasteiger partial charge in [-0.3, -0.25) is 4.79 Å². The molecule has 0 radical (unpaired) electrons. The molecule has 1 aromatic carbocycles. The Kier molecular flexibility index (Phi) is 3.76. The maximum atomic E-state index is 13.5. The number of hydrogen-bond donors (Lipinski definition) is 1. The Hall–Kier alpha value is -0.970. The quantitative estimate of drug-likeness (QED) is 0.894. The Labute approximate surface area is 104 Å². The molecule has 1 saturated heterocycles. The zero-order chi connectivity index (χ0) is 12.4. The van der Waals surface area contributed by atoms with Crippen LogP contribution in [-0.4, -0.2) is 25.0 Å². The summed E-state index contributed by atoms with van der Waals surface area (Å²) in [5.74, 6) is -0.939. The number of hydrogen-bond acceptors (Lipinski definition) is 3. The van der Waals surface area contributed by atoms with E-state index in [1.54, 1.807) is 6.07 Å². The fraction of sp³-hybridized carbons (Fsp3) is 0.417. The minimum absolute atomic E-state index is 0.0345. The third-order valence-corrected chi connectivity index (χ3v) is 3.30. The van der Waals surface area contributed by atoms with Crippen LogP contribution in [0.1, 0.15) is 5.56 Å². The lowest BCUT2D eigenvalue weighted by atomic mass is 9.94. The Morgan fingerprint density at radius 2 is 2.29 bits per heavy atom. The van der Waals surface area contributed by atoms with Gasteiger partial charge in [-0.15, -0.1) is 0 Å². The van der Waals surface area contributed by atoms with Gasteiger partial charge in [-0.1, -0.05) is 17.7 Å². The summed E-state index contributed by atoms with van der Waals surface area (Å²) in [6.07, 6.45) is -0.0345. The van der Waals surface area contributed by atoms with Crippen molar-refractivity contribution in [2.45, 2.75) is 12.5 Å². The third-order valence-electron chi connectivity index (χ3n) is 2.95. The first-order chi connectivity index (χ1) is 8.09. The number of carbonyl (C=O) groups excluding carboxylic acids is 1. The van der Waals surface area contributed by atoms with E-state index in [2.05, 4.69) is 0 Å². The highest BCUT2D eigenvalue weighted by molar-refractivity contribution is 6.31. The molecule has 1 aliphatic heterocycles. The van der Waals surface area contributed by atoms with Gasteiger partial charge < -0.3 is 10.5 Å². The van der Waals surface area contributed by atoms with Gasteiger partial charge in [0.1, 0.15) is 11.6 Å². The molecule has 1 fully saturated rings. The molecule has 92 valence electrons. The fourth-order valence-electron chi connectivity index (χ4n) is 1.91. The van der Waals surface area contributed by atoms with Gasteiger partial charge in [-0.2, -0.15) is 0 Å². The third kappa shape index (κ3) is 2.65. The van der Waals surface area contributed by atoms with Crippen molar-refractivity contribution in [3.63, 3.8) is 0 Å². The molecule has 0 amide bonds. The summed E-state index contributed by atoms with van der Waals surface area (Å²) >= 11 is 5.86. The molecule has 0 aliphatic carbocycles. The van der Waals surface area contributed by atoms with Gasteiger partial charge in [0.15, 0.2) is 0 Å². The van der Waals surface area contributed by atoms with Gasteiger partial charge in [-0.05, 0) is 12.1 Å². The normalized spacial score (nSPS) is 23.9. The van der Waals surface area contributed by atoms with Gasteiger partial charge in [0.05, 0.1) is 19.1 Å². The SMILES string of the molecule is NC1COCC1C(=O)Cc1c(F)cccc1Cl. The molecule has 1 aliphatic rings. The zero-order valence-corrected chi connectivity index (χ0v) is 9.91. The van der Waals surface area contributed by atoms with Crippen LogP contribution in [0.3, 0.4) is 0 Å². The molecule has 2 rings (SSSR count). The molecule has 17 heavy (non-hydrogen) atoms. The lowest BCUT2D eigenvalue weighted by Gasteiger charge is -2.12. The second-order valence-corrected chi connectivity index (χ2v) is 4.56. The van der Waals surface area contributed by atoms with Crippen LogP contribution in [0.15, 0.2) is 18.2 Å². The first kappa shape index (κ1) is 12.5. The van der Waals surface area contributed by atoms with Crippen LogP contribution in [0.2, 0.25) is 5.02 Å². The topological polar surface area (TPSA) is 52.3 Å². The lowest BCUT2D eigenvalue weighted by molar-refractivity contribution is -0.122. The number of halogens is 2. The molecule has 2 N–H and O–H groups in total. The van der Waals surface area contributed by atoms with Gasteiger partial charge in [-0.25, -0.2) is 4.39 Å². The first-order valence-electron chi connectivity index (χ1n) is 5.38. The number of rotatable bonds is 3. The minimum atomic E-state index is -0.460. The standard InChI is InChI=1S/C12H13ClFNO2/c13-9-2-1-3-10(14)7(9)4-12(16)8-5-17-6-11(8)15/h1-3,8,11H,4-6,15H2. The molecule has 2 atom stereocenters. The van der Waals surface area contributed by atoms with E-state index in [1.165, 1.54) is 12.1 Å². The average molecular weight is 258 g/mol. The van der Waals surface area contributed by atoms with Crippen LogP contribution < -0.4 is 5.73 Å². The molecular formula is C12H13ClFNO2. The molecule has 1 aromatic rings. The van der Waals surface area contributed by atoms with Crippen molar-refractivity contribution >= 4 is 17.4 Å². The molecule has 2 unspecified atom stereocenters. The number of ketones is 1. The zero-order valence-electron chi connectivity index (χ0n) is 9.16.